The molecule has 126 valence electrons. The van der Waals surface area contributed by atoms with Crippen molar-refractivity contribution in [3.05, 3.63) is 29.8 Å². The van der Waals surface area contributed by atoms with Gasteiger partial charge in [0.1, 0.15) is 5.75 Å². The van der Waals surface area contributed by atoms with Gasteiger partial charge in [0.25, 0.3) is 0 Å². The number of halogens is 3. The van der Waals surface area contributed by atoms with Crippen LogP contribution in [-0.4, -0.2) is 61.1 Å². The molecule has 5 nitrogen and oxygen atoms in total. The first-order chi connectivity index (χ1) is 10.8. The average molecular weight is 330 g/mol. The molecule has 0 radical (unpaired) electrons. The van der Waals surface area contributed by atoms with Crippen LogP contribution in [0.4, 0.5) is 13.2 Å². The zero-order chi connectivity index (χ0) is 17.0. The normalized spacial score (nSPS) is 15.5. The highest BCUT2D eigenvalue weighted by molar-refractivity contribution is 5.83. The Labute approximate surface area is 131 Å². The molecule has 2 rings (SSSR count). The summed E-state index contributed by atoms with van der Waals surface area (Å²) in [7, 11) is 1.54. The van der Waals surface area contributed by atoms with E-state index in [1.807, 2.05) is 0 Å². The molecule has 1 aromatic carbocycles. The van der Waals surface area contributed by atoms with Crippen molar-refractivity contribution < 1.29 is 27.5 Å². The number of methoxy groups -OCH3 is 1. The van der Waals surface area contributed by atoms with Crippen molar-refractivity contribution in [2.75, 3.05) is 33.3 Å². The highest BCUT2D eigenvalue weighted by atomic mass is 19.4. The van der Waals surface area contributed by atoms with Crippen molar-refractivity contribution in [2.24, 2.45) is 0 Å². The first-order valence-electron chi connectivity index (χ1n) is 7.08. The molecule has 0 N–H and O–H groups in total. The number of rotatable bonds is 3. The Kier molecular flexibility index (Phi) is 5.12. The lowest BCUT2D eigenvalue weighted by molar-refractivity contribution is -0.187. The Morgan fingerprint density at radius 1 is 1.04 bits per heavy atom. The Bertz CT molecular complexity index is 564. The van der Waals surface area contributed by atoms with Gasteiger partial charge in [-0.05, 0) is 17.7 Å². The van der Waals surface area contributed by atoms with Gasteiger partial charge in [0, 0.05) is 26.2 Å². The van der Waals surface area contributed by atoms with Crippen molar-refractivity contribution in [3.63, 3.8) is 0 Å². The minimum atomic E-state index is -4.87. The summed E-state index contributed by atoms with van der Waals surface area (Å²) in [6.07, 6.45) is -4.70. The monoisotopic (exact) mass is 330 g/mol. The molecule has 8 heteroatoms. The maximum Gasteiger partial charge on any atom is 0.471 e. The molecular formula is C15H17F3N2O3. The molecule has 0 spiro atoms. The summed E-state index contributed by atoms with van der Waals surface area (Å²) in [6.45, 7) is 0.00695. The number of carbonyl (C=O) groups excluding carboxylic acids is 2. The van der Waals surface area contributed by atoms with E-state index < -0.39 is 12.1 Å². The van der Waals surface area contributed by atoms with Crippen LogP contribution in [-0.2, 0) is 16.0 Å². The molecule has 2 amide bonds. The molecule has 0 bridgehead atoms. The topological polar surface area (TPSA) is 49.9 Å². The summed E-state index contributed by atoms with van der Waals surface area (Å²) < 4.78 is 42.1. The van der Waals surface area contributed by atoms with Gasteiger partial charge >= 0.3 is 12.1 Å². The van der Waals surface area contributed by atoms with E-state index >= 15 is 0 Å². The van der Waals surface area contributed by atoms with Gasteiger partial charge in [0.2, 0.25) is 5.91 Å². The number of hydrogen-bond acceptors (Lipinski definition) is 3. The second-order valence-electron chi connectivity index (χ2n) is 5.20. The van der Waals surface area contributed by atoms with Gasteiger partial charge in [-0.2, -0.15) is 13.2 Å². The molecule has 1 heterocycles. The molecule has 0 unspecified atom stereocenters. The van der Waals surface area contributed by atoms with Crippen molar-refractivity contribution in [2.45, 2.75) is 12.6 Å². The number of ether oxygens (including phenoxy) is 1. The molecule has 1 aliphatic heterocycles. The molecule has 1 saturated heterocycles. The minimum Gasteiger partial charge on any atom is -0.497 e. The van der Waals surface area contributed by atoms with Gasteiger partial charge in [-0.25, -0.2) is 0 Å². The third-order valence-electron chi connectivity index (χ3n) is 3.68. The highest BCUT2D eigenvalue weighted by Gasteiger charge is 2.43. The van der Waals surface area contributed by atoms with E-state index in [0.29, 0.717) is 5.75 Å². The Balaban J connectivity index is 1.87. The largest absolute Gasteiger partial charge is 0.497 e. The van der Waals surface area contributed by atoms with Crippen molar-refractivity contribution in [1.82, 2.24) is 9.80 Å². The van der Waals surface area contributed by atoms with Crippen LogP contribution in [0.5, 0.6) is 5.75 Å². The van der Waals surface area contributed by atoms with E-state index in [4.69, 9.17) is 4.74 Å². The van der Waals surface area contributed by atoms with Gasteiger partial charge in [-0.3, -0.25) is 9.59 Å². The number of alkyl halides is 3. The van der Waals surface area contributed by atoms with Gasteiger partial charge in [-0.15, -0.1) is 0 Å². The van der Waals surface area contributed by atoms with Crippen LogP contribution in [0.2, 0.25) is 0 Å². The minimum absolute atomic E-state index is 0.104. The number of benzene rings is 1. The van der Waals surface area contributed by atoms with Crippen LogP contribution < -0.4 is 4.74 Å². The number of amides is 2. The molecular weight excluding hydrogens is 313 g/mol. The Morgan fingerprint density at radius 2 is 1.57 bits per heavy atom. The Morgan fingerprint density at radius 3 is 2.04 bits per heavy atom. The van der Waals surface area contributed by atoms with Gasteiger partial charge in [0.15, 0.2) is 0 Å². The van der Waals surface area contributed by atoms with Gasteiger partial charge in [0.05, 0.1) is 13.5 Å². The molecule has 0 aromatic heterocycles. The van der Waals surface area contributed by atoms with E-state index in [0.717, 1.165) is 10.5 Å². The van der Waals surface area contributed by atoms with Crippen LogP contribution in [0.15, 0.2) is 24.3 Å². The lowest BCUT2D eigenvalue weighted by Gasteiger charge is -2.35. The molecule has 0 aliphatic carbocycles. The maximum atomic E-state index is 12.4. The van der Waals surface area contributed by atoms with Gasteiger partial charge < -0.3 is 14.5 Å². The predicted molar refractivity (Wildman–Crippen MR) is 75.9 cm³/mol. The lowest BCUT2D eigenvalue weighted by atomic mass is 10.1. The lowest BCUT2D eigenvalue weighted by Crippen LogP contribution is -2.53. The highest BCUT2D eigenvalue weighted by Crippen LogP contribution is 2.20. The van der Waals surface area contributed by atoms with Crippen molar-refractivity contribution in [1.29, 1.82) is 0 Å². The van der Waals surface area contributed by atoms with E-state index in [1.54, 1.807) is 31.4 Å². The van der Waals surface area contributed by atoms with E-state index in [9.17, 15) is 22.8 Å². The van der Waals surface area contributed by atoms with E-state index in [2.05, 4.69) is 0 Å². The number of hydrogen-bond donors (Lipinski definition) is 0. The summed E-state index contributed by atoms with van der Waals surface area (Å²) in [5.41, 5.74) is 0.796. The summed E-state index contributed by atoms with van der Waals surface area (Å²) in [4.78, 5) is 25.5. The number of nitrogens with zero attached hydrogens (tertiary/aromatic N) is 2. The standard InChI is InChI=1S/C15H17F3N2O3/c1-23-12-4-2-11(3-5-12)10-13(21)19-6-8-20(9-7-19)14(22)15(16,17)18/h2-5H,6-10H2,1H3. The summed E-state index contributed by atoms with van der Waals surface area (Å²) in [6, 6.07) is 7.01. The zero-order valence-electron chi connectivity index (χ0n) is 12.6. The Hall–Kier alpha value is -2.25. The van der Waals surface area contributed by atoms with Crippen LogP contribution in [0, 0.1) is 0 Å². The second kappa shape index (κ2) is 6.89. The SMILES string of the molecule is COc1ccc(CC(=O)N2CCN(C(=O)C(F)(F)F)CC2)cc1. The first kappa shape index (κ1) is 17.1. The smallest absolute Gasteiger partial charge is 0.471 e. The molecule has 1 aromatic rings. The van der Waals surface area contributed by atoms with Gasteiger partial charge in [-0.1, -0.05) is 12.1 Å². The predicted octanol–water partition coefficient (Wildman–Crippen LogP) is 1.47. The fourth-order valence-corrected chi connectivity index (χ4v) is 2.37. The van der Waals surface area contributed by atoms with E-state index in [-0.39, 0.29) is 38.5 Å². The van der Waals surface area contributed by atoms with Crippen LogP contribution in [0.1, 0.15) is 5.56 Å². The maximum absolute atomic E-state index is 12.4. The zero-order valence-corrected chi connectivity index (χ0v) is 12.6. The first-order valence-corrected chi connectivity index (χ1v) is 7.08. The number of carbonyl (C=O) groups is 2. The fraction of sp³-hybridized carbons (Fsp3) is 0.467. The average Bonchev–Trinajstić information content (AvgIpc) is 2.54. The summed E-state index contributed by atoms with van der Waals surface area (Å²) >= 11 is 0. The summed E-state index contributed by atoms with van der Waals surface area (Å²) in [5.74, 6) is -1.34. The van der Waals surface area contributed by atoms with E-state index in [1.165, 1.54) is 4.90 Å². The fourth-order valence-electron chi connectivity index (χ4n) is 2.37. The van der Waals surface area contributed by atoms with Crippen molar-refractivity contribution >= 4 is 11.8 Å². The third kappa shape index (κ3) is 4.37. The second-order valence-corrected chi connectivity index (χ2v) is 5.20. The van der Waals surface area contributed by atoms with Crippen LogP contribution >= 0.6 is 0 Å². The molecule has 0 atom stereocenters. The summed E-state index contributed by atoms with van der Waals surface area (Å²) in [5, 5.41) is 0. The molecule has 0 saturated carbocycles. The molecule has 1 aliphatic rings. The van der Waals surface area contributed by atoms with Crippen molar-refractivity contribution in [3.8, 4) is 5.75 Å². The molecule has 1 fully saturated rings. The third-order valence-corrected chi connectivity index (χ3v) is 3.68. The quantitative estimate of drug-likeness (QED) is 0.843. The molecule has 23 heavy (non-hydrogen) atoms. The van der Waals surface area contributed by atoms with Crippen LogP contribution in [0.25, 0.3) is 0 Å². The van der Waals surface area contributed by atoms with Crippen LogP contribution in [0.3, 0.4) is 0 Å². The number of piperazine rings is 1.